The molecule has 1 aliphatic rings. The molecule has 0 aliphatic carbocycles. The van der Waals surface area contributed by atoms with E-state index in [1.54, 1.807) is 26.0 Å². The minimum Gasteiger partial charge on any atom is -0.493 e. The minimum atomic E-state index is -0.272. The number of carbonyl (C=O) groups excluding carboxylic acids is 1. The first-order chi connectivity index (χ1) is 16.1. The summed E-state index contributed by atoms with van der Waals surface area (Å²) in [7, 11) is 3.30. The predicted molar refractivity (Wildman–Crippen MR) is 136 cm³/mol. The second-order valence-electron chi connectivity index (χ2n) is 7.62. The number of carbonyl (C=O) groups is 1. The Hall–Kier alpha value is -3.45. The fraction of sp³-hybridized carbons (Fsp3) is 0.231. The number of amides is 2. The molecule has 0 radical (unpaired) electrons. The lowest BCUT2D eigenvalue weighted by Gasteiger charge is -2.20. The Kier molecular flexibility index (Phi) is 7.19. The van der Waals surface area contributed by atoms with E-state index < -0.39 is 0 Å². The summed E-state index contributed by atoms with van der Waals surface area (Å²) in [6.45, 7) is 0.759. The Balaban J connectivity index is 1.41. The van der Waals surface area contributed by atoms with Gasteiger partial charge in [-0.25, -0.2) is 4.79 Å². The molecule has 3 aromatic carbocycles. The number of benzene rings is 3. The zero-order valence-electron chi connectivity index (χ0n) is 19.0. The zero-order valence-corrected chi connectivity index (χ0v) is 19.8. The van der Waals surface area contributed by atoms with Gasteiger partial charge < -0.3 is 20.1 Å². The third kappa shape index (κ3) is 5.49. The molecule has 6 nitrogen and oxygen atoms in total. The van der Waals surface area contributed by atoms with Gasteiger partial charge in [0.05, 0.1) is 14.2 Å². The summed E-state index contributed by atoms with van der Waals surface area (Å²) in [4.78, 5) is 18.2. The van der Waals surface area contributed by atoms with Gasteiger partial charge in [-0.3, -0.25) is 4.99 Å². The second kappa shape index (κ2) is 10.4. The highest BCUT2D eigenvalue weighted by Gasteiger charge is 2.18. The molecule has 1 aliphatic heterocycles. The van der Waals surface area contributed by atoms with Crippen molar-refractivity contribution in [1.29, 1.82) is 0 Å². The largest absolute Gasteiger partial charge is 0.493 e. The van der Waals surface area contributed by atoms with E-state index >= 15 is 0 Å². The number of nitrogens with zero attached hydrogens (tertiary/aromatic N) is 1. The number of aliphatic imine (C=N–C) groups is 1. The maximum atomic E-state index is 12.3. The van der Waals surface area contributed by atoms with Crippen molar-refractivity contribution in [3.8, 4) is 11.5 Å². The number of hydrogen-bond acceptors (Lipinski definition) is 5. The summed E-state index contributed by atoms with van der Waals surface area (Å²) in [6, 6.07) is 19.4. The maximum absolute atomic E-state index is 12.3. The number of urea groups is 1. The van der Waals surface area contributed by atoms with Gasteiger partial charge in [0.1, 0.15) is 0 Å². The van der Waals surface area contributed by atoms with Gasteiger partial charge in [0.2, 0.25) is 0 Å². The molecule has 0 fully saturated rings. The Bertz CT molecular complexity index is 1160. The van der Waals surface area contributed by atoms with Crippen molar-refractivity contribution in [3.63, 3.8) is 0 Å². The van der Waals surface area contributed by atoms with E-state index in [4.69, 9.17) is 14.5 Å². The lowest BCUT2D eigenvalue weighted by Crippen LogP contribution is -2.19. The Morgan fingerprint density at radius 2 is 1.55 bits per heavy atom. The summed E-state index contributed by atoms with van der Waals surface area (Å²) in [5.41, 5.74) is 5.96. The number of anilines is 2. The highest BCUT2D eigenvalue weighted by molar-refractivity contribution is 7.98. The van der Waals surface area contributed by atoms with E-state index in [9.17, 15) is 4.79 Å². The van der Waals surface area contributed by atoms with Crippen LogP contribution in [0.5, 0.6) is 11.5 Å². The molecule has 7 heteroatoms. The molecule has 1 heterocycles. The number of fused-ring (bicyclic) bond motifs is 1. The number of thioether (sulfide) groups is 1. The van der Waals surface area contributed by atoms with Crippen molar-refractivity contribution < 1.29 is 14.3 Å². The van der Waals surface area contributed by atoms with Crippen molar-refractivity contribution in [1.82, 2.24) is 0 Å². The highest BCUT2D eigenvalue weighted by atomic mass is 32.2. The molecule has 3 aromatic rings. The predicted octanol–water partition coefficient (Wildman–Crippen LogP) is 5.66. The van der Waals surface area contributed by atoms with E-state index in [0.29, 0.717) is 12.2 Å². The molecule has 0 bridgehead atoms. The molecule has 0 aromatic heterocycles. The molecule has 0 atom stereocenters. The van der Waals surface area contributed by atoms with Crippen LogP contribution in [0.15, 0.2) is 70.6 Å². The SMILES string of the molecule is COc1cc2c(cc1OC)C(Cc1ccc(NC(=O)Nc3ccc(SC)cc3)cc1)=NCC2. The van der Waals surface area contributed by atoms with Crippen LogP contribution in [-0.2, 0) is 12.8 Å². The van der Waals surface area contributed by atoms with Crippen LogP contribution in [0.4, 0.5) is 16.2 Å². The molecule has 170 valence electrons. The standard InChI is InChI=1S/C26H27N3O3S/c1-31-24-15-18-12-13-27-23(22(18)16-25(24)32-2)14-17-4-6-19(7-5-17)28-26(30)29-20-8-10-21(33-3)11-9-20/h4-11,15-16H,12-14H2,1-3H3,(H2,28,29,30). The molecule has 0 saturated heterocycles. The quantitative estimate of drug-likeness (QED) is 0.446. The van der Waals surface area contributed by atoms with Crippen LogP contribution in [-0.4, -0.2) is 38.8 Å². The van der Waals surface area contributed by atoms with E-state index in [2.05, 4.69) is 10.6 Å². The van der Waals surface area contributed by atoms with Gasteiger partial charge >= 0.3 is 6.03 Å². The normalized spacial score (nSPS) is 12.4. The van der Waals surface area contributed by atoms with Crippen LogP contribution in [0.3, 0.4) is 0 Å². The van der Waals surface area contributed by atoms with Crippen LogP contribution in [0.1, 0.15) is 16.7 Å². The summed E-state index contributed by atoms with van der Waals surface area (Å²) in [5, 5.41) is 5.73. The van der Waals surface area contributed by atoms with Crippen LogP contribution in [0.25, 0.3) is 0 Å². The van der Waals surface area contributed by atoms with E-state index in [0.717, 1.165) is 51.8 Å². The summed E-state index contributed by atoms with van der Waals surface area (Å²) in [6.07, 6.45) is 3.61. The fourth-order valence-electron chi connectivity index (χ4n) is 3.81. The molecule has 0 unspecified atom stereocenters. The third-order valence-electron chi connectivity index (χ3n) is 5.54. The Labute approximate surface area is 198 Å². The molecule has 0 saturated carbocycles. The molecule has 33 heavy (non-hydrogen) atoms. The Morgan fingerprint density at radius 3 is 2.15 bits per heavy atom. The molecular formula is C26H27N3O3S. The number of methoxy groups -OCH3 is 2. The van der Waals surface area contributed by atoms with Crippen LogP contribution in [0, 0.1) is 0 Å². The molecular weight excluding hydrogens is 434 g/mol. The van der Waals surface area contributed by atoms with Gasteiger partial charge in [-0.15, -0.1) is 11.8 Å². The van der Waals surface area contributed by atoms with E-state index in [1.807, 2.05) is 66.9 Å². The number of nitrogens with one attached hydrogen (secondary N) is 2. The third-order valence-corrected chi connectivity index (χ3v) is 6.28. The van der Waals surface area contributed by atoms with Gasteiger partial charge in [0.25, 0.3) is 0 Å². The molecule has 2 amide bonds. The van der Waals surface area contributed by atoms with E-state index in [-0.39, 0.29) is 6.03 Å². The topological polar surface area (TPSA) is 72.0 Å². The fourth-order valence-corrected chi connectivity index (χ4v) is 4.22. The highest BCUT2D eigenvalue weighted by Crippen LogP contribution is 2.33. The van der Waals surface area contributed by atoms with Gasteiger partial charge in [-0.1, -0.05) is 12.1 Å². The summed E-state index contributed by atoms with van der Waals surface area (Å²) in [5.74, 6) is 1.45. The molecule has 0 spiro atoms. The first kappa shape index (κ1) is 22.7. The van der Waals surface area contributed by atoms with Crippen molar-refractivity contribution >= 4 is 34.9 Å². The van der Waals surface area contributed by atoms with Crippen LogP contribution < -0.4 is 20.1 Å². The summed E-state index contributed by atoms with van der Waals surface area (Å²) < 4.78 is 10.9. The summed E-state index contributed by atoms with van der Waals surface area (Å²) >= 11 is 1.66. The van der Waals surface area contributed by atoms with Crippen molar-refractivity contribution in [2.45, 2.75) is 17.7 Å². The number of hydrogen-bond donors (Lipinski definition) is 2. The van der Waals surface area contributed by atoms with Crippen LogP contribution in [0.2, 0.25) is 0 Å². The van der Waals surface area contributed by atoms with Crippen molar-refractivity contribution in [3.05, 3.63) is 77.4 Å². The average molecular weight is 462 g/mol. The molecule has 4 rings (SSSR count). The van der Waals surface area contributed by atoms with Crippen molar-refractivity contribution in [2.24, 2.45) is 4.99 Å². The monoisotopic (exact) mass is 461 g/mol. The smallest absolute Gasteiger partial charge is 0.323 e. The van der Waals surface area contributed by atoms with Gasteiger partial charge in [0.15, 0.2) is 11.5 Å². The number of rotatable bonds is 7. The van der Waals surface area contributed by atoms with Gasteiger partial charge in [-0.05, 0) is 72.3 Å². The van der Waals surface area contributed by atoms with E-state index in [1.165, 1.54) is 5.56 Å². The number of ether oxygens (including phenoxy) is 2. The van der Waals surface area contributed by atoms with Crippen molar-refractivity contribution in [2.75, 3.05) is 37.7 Å². The minimum absolute atomic E-state index is 0.272. The zero-order chi connectivity index (χ0) is 23.2. The lowest BCUT2D eigenvalue weighted by atomic mass is 9.93. The second-order valence-corrected chi connectivity index (χ2v) is 8.50. The first-order valence-corrected chi connectivity index (χ1v) is 11.9. The molecule has 2 N–H and O–H groups in total. The van der Waals surface area contributed by atoms with Gasteiger partial charge in [-0.2, -0.15) is 0 Å². The average Bonchev–Trinajstić information content (AvgIpc) is 2.85. The van der Waals surface area contributed by atoms with Gasteiger partial charge in [0, 0.05) is 40.5 Å². The first-order valence-electron chi connectivity index (χ1n) is 10.7. The Morgan fingerprint density at radius 1 is 0.939 bits per heavy atom. The van der Waals surface area contributed by atoms with Crippen LogP contribution >= 0.6 is 11.8 Å². The maximum Gasteiger partial charge on any atom is 0.323 e. The lowest BCUT2D eigenvalue weighted by molar-refractivity contribution is 0.262.